The first-order valence-corrected chi connectivity index (χ1v) is 6.60. The van der Waals surface area contributed by atoms with Gasteiger partial charge in [0.1, 0.15) is 4.88 Å². The molecule has 16 heavy (non-hydrogen) atoms. The number of ether oxygens (including phenoxy) is 1. The molecule has 1 aromatic rings. The van der Waals surface area contributed by atoms with E-state index in [1.54, 1.807) is 11.3 Å². The molecule has 0 aliphatic carbocycles. The summed E-state index contributed by atoms with van der Waals surface area (Å²) in [6.07, 6.45) is 2.34. The molecule has 2 heterocycles. The van der Waals surface area contributed by atoms with Gasteiger partial charge in [0.15, 0.2) is 0 Å². The van der Waals surface area contributed by atoms with Crippen LogP contribution in [0.5, 0.6) is 0 Å². The minimum absolute atomic E-state index is 0.187. The standard InChI is InChI=1S/C12H17NO2S/c1-2-15-12(14)11-4-3-10(16-11)9-5-7-13-8-6-9/h3-4,9,13H,2,5-8H2,1H3. The number of piperidine rings is 1. The molecule has 1 saturated heterocycles. The normalized spacial score (nSPS) is 17.3. The highest BCUT2D eigenvalue weighted by atomic mass is 32.1. The minimum atomic E-state index is -0.187. The average molecular weight is 239 g/mol. The Morgan fingerprint density at radius 3 is 2.94 bits per heavy atom. The Hall–Kier alpha value is -0.870. The summed E-state index contributed by atoms with van der Waals surface area (Å²) in [7, 11) is 0. The van der Waals surface area contributed by atoms with Crippen molar-refractivity contribution in [3.05, 3.63) is 21.9 Å². The average Bonchev–Trinajstić information content (AvgIpc) is 2.80. The third kappa shape index (κ3) is 2.62. The predicted octanol–water partition coefficient (Wildman–Crippen LogP) is 2.39. The summed E-state index contributed by atoms with van der Waals surface area (Å²) >= 11 is 1.59. The predicted molar refractivity (Wildman–Crippen MR) is 65.1 cm³/mol. The largest absolute Gasteiger partial charge is 0.462 e. The number of carbonyl (C=O) groups excluding carboxylic acids is 1. The Bertz CT molecular complexity index is 356. The highest BCUT2D eigenvalue weighted by Gasteiger charge is 2.18. The summed E-state index contributed by atoms with van der Waals surface area (Å²) in [5.74, 6) is 0.433. The number of hydrogen-bond donors (Lipinski definition) is 1. The van der Waals surface area contributed by atoms with E-state index in [0.717, 1.165) is 18.0 Å². The van der Waals surface area contributed by atoms with Crippen LogP contribution in [0.25, 0.3) is 0 Å². The van der Waals surface area contributed by atoms with E-state index < -0.39 is 0 Å². The van der Waals surface area contributed by atoms with Gasteiger partial charge in [-0.25, -0.2) is 4.79 Å². The molecule has 0 amide bonds. The molecule has 88 valence electrons. The van der Waals surface area contributed by atoms with Crippen LogP contribution in [0.2, 0.25) is 0 Å². The quantitative estimate of drug-likeness (QED) is 0.823. The lowest BCUT2D eigenvalue weighted by Crippen LogP contribution is -2.26. The summed E-state index contributed by atoms with van der Waals surface area (Å²) in [6.45, 7) is 4.44. The zero-order chi connectivity index (χ0) is 11.4. The van der Waals surface area contributed by atoms with Gasteiger partial charge < -0.3 is 10.1 Å². The van der Waals surface area contributed by atoms with Crippen LogP contribution in [0.3, 0.4) is 0 Å². The second-order valence-electron chi connectivity index (χ2n) is 3.95. The van der Waals surface area contributed by atoms with E-state index in [-0.39, 0.29) is 5.97 Å². The van der Waals surface area contributed by atoms with Gasteiger partial charge in [0.2, 0.25) is 0 Å². The molecule has 1 N–H and O–H groups in total. The molecule has 1 aliphatic heterocycles. The fourth-order valence-electron chi connectivity index (χ4n) is 1.99. The van der Waals surface area contributed by atoms with Crippen molar-refractivity contribution < 1.29 is 9.53 Å². The van der Waals surface area contributed by atoms with Gasteiger partial charge in [0.05, 0.1) is 6.61 Å². The fourth-order valence-corrected chi connectivity index (χ4v) is 3.06. The van der Waals surface area contributed by atoms with E-state index in [2.05, 4.69) is 11.4 Å². The lowest BCUT2D eigenvalue weighted by Gasteiger charge is -2.21. The van der Waals surface area contributed by atoms with E-state index in [0.29, 0.717) is 12.5 Å². The molecule has 3 nitrogen and oxygen atoms in total. The molecule has 0 radical (unpaired) electrons. The molecule has 1 aromatic heterocycles. The third-order valence-electron chi connectivity index (χ3n) is 2.84. The van der Waals surface area contributed by atoms with Gasteiger partial charge in [-0.15, -0.1) is 11.3 Å². The zero-order valence-electron chi connectivity index (χ0n) is 9.49. The number of rotatable bonds is 3. The van der Waals surface area contributed by atoms with Crippen LogP contribution in [0.4, 0.5) is 0 Å². The van der Waals surface area contributed by atoms with Crippen LogP contribution < -0.4 is 5.32 Å². The van der Waals surface area contributed by atoms with Crippen LogP contribution in [0.1, 0.15) is 40.2 Å². The van der Waals surface area contributed by atoms with E-state index in [1.807, 2.05) is 13.0 Å². The summed E-state index contributed by atoms with van der Waals surface area (Å²) in [6, 6.07) is 3.97. The lowest BCUT2D eigenvalue weighted by atomic mass is 9.97. The number of hydrogen-bond acceptors (Lipinski definition) is 4. The van der Waals surface area contributed by atoms with Crippen LogP contribution in [-0.4, -0.2) is 25.7 Å². The Balaban J connectivity index is 2.03. The molecule has 0 spiro atoms. The lowest BCUT2D eigenvalue weighted by molar-refractivity contribution is 0.0532. The topological polar surface area (TPSA) is 38.3 Å². The van der Waals surface area contributed by atoms with Crippen molar-refractivity contribution in [3.8, 4) is 0 Å². The summed E-state index contributed by atoms with van der Waals surface area (Å²) in [4.78, 5) is 13.6. The van der Waals surface area contributed by atoms with Gasteiger partial charge in [0, 0.05) is 4.88 Å². The van der Waals surface area contributed by atoms with E-state index >= 15 is 0 Å². The fraction of sp³-hybridized carbons (Fsp3) is 0.583. The Kier molecular flexibility index (Phi) is 3.96. The van der Waals surface area contributed by atoms with Gasteiger partial charge in [-0.05, 0) is 50.9 Å². The Morgan fingerprint density at radius 1 is 1.50 bits per heavy atom. The third-order valence-corrected chi connectivity index (χ3v) is 4.07. The molecule has 4 heteroatoms. The van der Waals surface area contributed by atoms with Gasteiger partial charge in [-0.2, -0.15) is 0 Å². The molecular weight excluding hydrogens is 222 g/mol. The molecular formula is C12H17NO2S. The minimum Gasteiger partial charge on any atom is -0.462 e. The van der Waals surface area contributed by atoms with Crippen LogP contribution in [-0.2, 0) is 4.74 Å². The number of thiophene rings is 1. The molecule has 0 bridgehead atoms. The number of nitrogens with one attached hydrogen (secondary N) is 1. The zero-order valence-corrected chi connectivity index (χ0v) is 10.3. The molecule has 2 rings (SSSR count). The molecule has 0 atom stereocenters. The van der Waals surface area contributed by atoms with Gasteiger partial charge in [-0.3, -0.25) is 0 Å². The maximum atomic E-state index is 11.5. The summed E-state index contributed by atoms with van der Waals surface area (Å²) in [5.41, 5.74) is 0. The maximum Gasteiger partial charge on any atom is 0.348 e. The SMILES string of the molecule is CCOC(=O)c1ccc(C2CCNCC2)s1. The van der Waals surface area contributed by atoms with Crippen molar-refractivity contribution in [3.63, 3.8) is 0 Å². The summed E-state index contributed by atoms with van der Waals surface area (Å²) in [5, 5.41) is 3.35. The first kappa shape index (κ1) is 11.6. The smallest absolute Gasteiger partial charge is 0.348 e. The highest BCUT2D eigenvalue weighted by Crippen LogP contribution is 2.31. The molecule has 0 unspecified atom stereocenters. The molecule has 1 aliphatic rings. The van der Waals surface area contributed by atoms with E-state index in [4.69, 9.17) is 4.74 Å². The Morgan fingerprint density at radius 2 is 2.25 bits per heavy atom. The second kappa shape index (κ2) is 5.46. The first-order valence-electron chi connectivity index (χ1n) is 5.79. The molecule has 1 fully saturated rings. The van der Waals surface area contributed by atoms with E-state index in [9.17, 15) is 4.79 Å². The second-order valence-corrected chi connectivity index (χ2v) is 5.06. The monoisotopic (exact) mass is 239 g/mol. The van der Waals surface area contributed by atoms with Crippen LogP contribution in [0.15, 0.2) is 12.1 Å². The number of carbonyl (C=O) groups is 1. The number of esters is 1. The van der Waals surface area contributed by atoms with Crippen molar-refractivity contribution in [2.75, 3.05) is 19.7 Å². The van der Waals surface area contributed by atoms with Crippen molar-refractivity contribution >= 4 is 17.3 Å². The van der Waals surface area contributed by atoms with Crippen molar-refractivity contribution in [1.29, 1.82) is 0 Å². The van der Waals surface area contributed by atoms with Crippen molar-refractivity contribution in [1.82, 2.24) is 5.32 Å². The Labute approximate surface area is 99.8 Å². The molecule has 0 saturated carbocycles. The van der Waals surface area contributed by atoms with Gasteiger partial charge >= 0.3 is 5.97 Å². The van der Waals surface area contributed by atoms with Crippen molar-refractivity contribution in [2.24, 2.45) is 0 Å². The van der Waals surface area contributed by atoms with Gasteiger partial charge in [0.25, 0.3) is 0 Å². The van der Waals surface area contributed by atoms with E-state index in [1.165, 1.54) is 17.7 Å². The highest BCUT2D eigenvalue weighted by molar-refractivity contribution is 7.14. The van der Waals surface area contributed by atoms with Crippen molar-refractivity contribution in [2.45, 2.75) is 25.7 Å². The summed E-state index contributed by atoms with van der Waals surface area (Å²) < 4.78 is 4.99. The van der Waals surface area contributed by atoms with Crippen LogP contribution >= 0.6 is 11.3 Å². The molecule has 0 aromatic carbocycles. The first-order chi connectivity index (χ1) is 7.81. The van der Waals surface area contributed by atoms with Gasteiger partial charge in [-0.1, -0.05) is 0 Å². The maximum absolute atomic E-state index is 11.5. The van der Waals surface area contributed by atoms with Crippen LogP contribution in [0, 0.1) is 0 Å².